The second-order valence-electron chi connectivity index (χ2n) is 5.78. The van der Waals surface area contributed by atoms with Gasteiger partial charge < -0.3 is 14.8 Å². The van der Waals surface area contributed by atoms with Gasteiger partial charge in [0.15, 0.2) is 6.10 Å². The first kappa shape index (κ1) is 17.9. The number of rotatable bonds is 7. The molecule has 0 aromatic heterocycles. The minimum atomic E-state index is -0.508. The summed E-state index contributed by atoms with van der Waals surface area (Å²) < 4.78 is 11.1. The van der Waals surface area contributed by atoms with Crippen molar-refractivity contribution in [3.63, 3.8) is 0 Å². The summed E-state index contributed by atoms with van der Waals surface area (Å²) in [4.78, 5) is 12.5. The number of amides is 1. The molecule has 4 nitrogen and oxygen atoms in total. The highest BCUT2D eigenvalue weighted by atomic mass is 16.5. The van der Waals surface area contributed by atoms with Gasteiger partial charge >= 0.3 is 0 Å². The van der Waals surface area contributed by atoms with Crippen LogP contribution in [0.4, 0.5) is 0 Å². The summed E-state index contributed by atoms with van der Waals surface area (Å²) in [6.07, 6.45) is 0.0991. The molecule has 4 heteroatoms. The largest absolute Gasteiger partial charge is 0.497 e. The molecular formula is C20H25NO3. The zero-order valence-corrected chi connectivity index (χ0v) is 14.7. The monoisotopic (exact) mass is 327 g/mol. The predicted octanol–water partition coefficient (Wildman–Crippen LogP) is 4.04. The van der Waals surface area contributed by atoms with E-state index in [0.29, 0.717) is 6.42 Å². The number of hydrogen-bond acceptors (Lipinski definition) is 3. The first-order valence-electron chi connectivity index (χ1n) is 8.21. The van der Waals surface area contributed by atoms with E-state index in [4.69, 9.17) is 9.47 Å². The van der Waals surface area contributed by atoms with Gasteiger partial charge in [0.1, 0.15) is 11.5 Å². The lowest BCUT2D eigenvalue weighted by atomic mass is 10.1. The molecule has 24 heavy (non-hydrogen) atoms. The Morgan fingerprint density at radius 3 is 2.38 bits per heavy atom. The third-order valence-corrected chi connectivity index (χ3v) is 4.00. The number of ether oxygens (including phenoxy) is 2. The summed E-state index contributed by atoms with van der Waals surface area (Å²) in [6, 6.07) is 15.3. The molecule has 0 fully saturated rings. The van der Waals surface area contributed by atoms with Gasteiger partial charge in [-0.2, -0.15) is 0 Å². The predicted molar refractivity (Wildman–Crippen MR) is 95.4 cm³/mol. The fourth-order valence-electron chi connectivity index (χ4n) is 2.45. The Bertz CT molecular complexity index is 667. The van der Waals surface area contributed by atoms with Gasteiger partial charge in [0.2, 0.25) is 0 Å². The van der Waals surface area contributed by atoms with Gasteiger partial charge in [-0.1, -0.05) is 37.3 Å². The molecule has 0 bridgehead atoms. The first-order chi connectivity index (χ1) is 11.5. The van der Waals surface area contributed by atoms with Crippen LogP contribution in [0.1, 0.15) is 37.4 Å². The Labute approximate surface area is 143 Å². The average Bonchev–Trinajstić information content (AvgIpc) is 2.61. The molecule has 0 saturated heterocycles. The van der Waals surface area contributed by atoms with Crippen LogP contribution in [0, 0.1) is 6.92 Å². The molecule has 1 N–H and O–H groups in total. The van der Waals surface area contributed by atoms with Gasteiger partial charge in [-0.05, 0) is 49.6 Å². The highest BCUT2D eigenvalue weighted by Gasteiger charge is 2.21. The van der Waals surface area contributed by atoms with Crippen LogP contribution in [-0.2, 0) is 4.79 Å². The summed E-state index contributed by atoms with van der Waals surface area (Å²) in [7, 11) is 1.63. The lowest BCUT2D eigenvalue weighted by Crippen LogP contribution is -2.39. The normalized spacial score (nSPS) is 13.0. The maximum Gasteiger partial charge on any atom is 0.261 e. The van der Waals surface area contributed by atoms with Crippen LogP contribution >= 0.6 is 0 Å². The number of aryl methyl sites for hydroxylation is 1. The van der Waals surface area contributed by atoms with Crippen molar-refractivity contribution in [2.24, 2.45) is 0 Å². The van der Waals surface area contributed by atoms with Gasteiger partial charge in [-0.25, -0.2) is 0 Å². The average molecular weight is 327 g/mol. The molecule has 2 unspecified atom stereocenters. The van der Waals surface area contributed by atoms with Crippen LogP contribution in [0.15, 0.2) is 48.5 Å². The molecule has 0 aliphatic carbocycles. The van der Waals surface area contributed by atoms with E-state index < -0.39 is 6.10 Å². The molecule has 2 rings (SSSR count). The number of benzene rings is 2. The summed E-state index contributed by atoms with van der Waals surface area (Å²) in [5, 5.41) is 3.02. The number of para-hydroxylation sites is 1. The van der Waals surface area contributed by atoms with Crippen LogP contribution < -0.4 is 14.8 Å². The number of methoxy groups -OCH3 is 1. The molecule has 2 aromatic rings. The van der Waals surface area contributed by atoms with E-state index in [2.05, 4.69) is 5.32 Å². The number of nitrogens with one attached hydrogen (secondary N) is 1. The van der Waals surface area contributed by atoms with E-state index in [1.807, 2.05) is 69.3 Å². The Hall–Kier alpha value is -2.49. The van der Waals surface area contributed by atoms with E-state index in [1.165, 1.54) is 0 Å². The van der Waals surface area contributed by atoms with E-state index in [0.717, 1.165) is 22.6 Å². The lowest BCUT2D eigenvalue weighted by Gasteiger charge is -2.21. The third-order valence-electron chi connectivity index (χ3n) is 4.00. The molecule has 0 aliphatic rings. The molecule has 128 valence electrons. The number of carbonyl (C=O) groups excluding carboxylic acids is 1. The zero-order valence-electron chi connectivity index (χ0n) is 14.7. The van der Waals surface area contributed by atoms with Crippen LogP contribution in [0.2, 0.25) is 0 Å². The molecule has 0 radical (unpaired) electrons. The van der Waals surface area contributed by atoms with Crippen molar-refractivity contribution < 1.29 is 14.3 Å². The van der Waals surface area contributed by atoms with Crippen LogP contribution in [0.25, 0.3) is 0 Å². The highest BCUT2D eigenvalue weighted by Crippen LogP contribution is 2.20. The molecule has 1 amide bonds. The van der Waals surface area contributed by atoms with Crippen molar-refractivity contribution in [3.8, 4) is 11.5 Å². The maximum atomic E-state index is 12.5. The summed E-state index contributed by atoms with van der Waals surface area (Å²) in [5.41, 5.74) is 2.04. The van der Waals surface area contributed by atoms with E-state index >= 15 is 0 Å². The fourth-order valence-corrected chi connectivity index (χ4v) is 2.45. The van der Waals surface area contributed by atoms with Gasteiger partial charge in [0.25, 0.3) is 5.91 Å². The number of hydrogen-bond donors (Lipinski definition) is 1. The highest BCUT2D eigenvalue weighted by molar-refractivity contribution is 5.81. The third kappa shape index (κ3) is 4.51. The van der Waals surface area contributed by atoms with Gasteiger partial charge in [0.05, 0.1) is 13.2 Å². The molecule has 0 spiro atoms. The smallest absolute Gasteiger partial charge is 0.261 e. The van der Waals surface area contributed by atoms with Crippen molar-refractivity contribution in [1.82, 2.24) is 5.32 Å². The van der Waals surface area contributed by atoms with E-state index in [-0.39, 0.29) is 11.9 Å². The van der Waals surface area contributed by atoms with Crippen molar-refractivity contribution >= 4 is 5.91 Å². The Kier molecular flexibility index (Phi) is 6.24. The molecule has 0 saturated carbocycles. The van der Waals surface area contributed by atoms with Crippen LogP contribution in [0.5, 0.6) is 11.5 Å². The summed E-state index contributed by atoms with van der Waals surface area (Å²) >= 11 is 0. The lowest BCUT2D eigenvalue weighted by molar-refractivity contribution is -0.128. The topological polar surface area (TPSA) is 47.6 Å². The quantitative estimate of drug-likeness (QED) is 0.835. The number of carbonyl (C=O) groups is 1. The molecule has 2 atom stereocenters. The summed E-state index contributed by atoms with van der Waals surface area (Å²) in [6.45, 7) is 5.88. The van der Waals surface area contributed by atoms with Gasteiger partial charge in [-0.15, -0.1) is 0 Å². The van der Waals surface area contributed by atoms with Gasteiger partial charge in [0, 0.05) is 0 Å². The zero-order chi connectivity index (χ0) is 17.5. The van der Waals surface area contributed by atoms with Crippen LogP contribution in [0.3, 0.4) is 0 Å². The van der Waals surface area contributed by atoms with Crippen LogP contribution in [-0.4, -0.2) is 19.1 Å². The Morgan fingerprint density at radius 1 is 1.12 bits per heavy atom. The Morgan fingerprint density at radius 2 is 1.79 bits per heavy atom. The second-order valence-corrected chi connectivity index (χ2v) is 5.78. The van der Waals surface area contributed by atoms with Crippen molar-refractivity contribution in [3.05, 3.63) is 59.7 Å². The minimum Gasteiger partial charge on any atom is -0.497 e. The first-order valence-corrected chi connectivity index (χ1v) is 8.21. The van der Waals surface area contributed by atoms with Crippen molar-refractivity contribution in [2.45, 2.75) is 39.3 Å². The van der Waals surface area contributed by atoms with E-state index in [9.17, 15) is 4.79 Å². The molecule has 0 heterocycles. The van der Waals surface area contributed by atoms with E-state index in [1.54, 1.807) is 7.11 Å². The molecular weight excluding hydrogens is 302 g/mol. The van der Waals surface area contributed by atoms with Gasteiger partial charge in [-0.3, -0.25) is 4.79 Å². The minimum absolute atomic E-state index is 0.0991. The second kappa shape index (κ2) is 8.39. The van der Waals surface area contributed by atoms with Crippen molar-refractivity contribution in [1.29, 1.82) is 0 Å². The summed E-state index contributed by atoms with van der Waals surface area (Å²) in [5.74, 6) is 1.44. The Balaban J connectivity index is 2.01. The van der Waals surface area contributed by atoms with Crippen molar-refractivity contribution in [2.75, 3.05) is 7.11 Å². The standard InChI is InChI=1S/C20H25NO3/c1-5-18(24-19-9-7-6-8-14(19)2)20(22)21-15(3)16-10-12-17(23-4)13-11-16/h6-13,15,18H,5H2,1-4H3,(H,21,22). The fraction of sp³-hybridized carbons (Fsp3) is 0.350. The maximum absolute atomic E-state index is 12.5. The molecule has 2 aromatic carbocycles. The molecule has 0 aliphatic heterocycles. The SMILES string of the molecule is CCC(Oc1ccccc1C)C(=O)NC(C)c1ccc(OC)cc1.